The Morgan fingerprint density at radius 3 is 2.62 bits per heavy atom. The van der Waals surface area contributed by atoms with E-state index in [9.17, 15) is 4.79 Å². The van der Waals surface area contributed by atoms with Crippen LogP contribution in [0.2, 0.25) is 5.15 Å². The summed E-state index contributed by atoms with van der Waals surface area (Å²) in [5, 5.41) is 9.24. The van der Waals surface area contributed by atoms with Crippen molar-refractivity contribution in [2.75, 3.05) is 18.0 Å². The molecule has 1 amide bonds. The molecule has 3 fully saturated rings. The summed E-state index contributed by atoms with van der Waals surface area (Å²) in [6, 6.07) is 2.23. The van der Waals surface area contributed by atoms with Crippen LogP contribution in [-0.2, 0) is 4.74 Å². The van der Waals surface area contributed by atoms with Crippen molar-refractivity contribution in [2.45, 2.75) is 70.6 Å². The fourth-order valence-corrected chi connectivity index (χ4v) is 5.07. The molecular weight excluding hydrogens is 390 g/mol. The van der Waals surface area contributed by atoms with Gasteiger partial charge >= 0.3 is 6.09 Å². The van der Waals surface area contributed by atoms with Gasteiger partial charge in [-0.15, -0.1) is 0 Å². The van der Waals surface area contributed by atoms with Gasteiger partial charge in [0.15, 0.2) is 10.8 Å². The minimum Gasteiger partial charge on any atom is -0.444 e. The fraction of sp³-hybridized carbons (Fsp3) is 0.714. The number of halogens is 1. The van der Waals surface area contributed by atoms with Crippen LogP contribution >= 0.6 is 11.6 Å². The maximum atomic E-state index is 12.9. The Morgan fingerprint density at radius 2 is 2.03 bits per heavy atom. The number of hydrogen-bond acceptors (Lipinski definition) is 6. The Morgan fingerprint density at radius 1 is 1.28 bits per heavy atom. The van der Waals surface area contributed by atoms with Gasteiger partial charge in [-0.2, -0.15) is 5.26 Å². The molecule has 2 aliphatic heterocycles. The standard InChI is InChI=1S/C21H28ClN5O2/c1-21(2,3)29-20(28)26-8-7-16-17(26)9-14(13-5-4-6-13)12-27(16)18-11-24-15(10-23)19(22)25-18/h11,13-14,16-17H,4-9,12H2,1-3H3/t14?,16-,17-/m1/s1. The van der Waals surface area contributed by atoms with E-state index in [1.807, 2.05) is 31.7 Å². The topological polar surface area (TPSA) is 82.4 Å². The van der Waals surface area contributed by atoms with Gasteiger partial charge in [-0.05, 0) is 45.4 Å². The molecule has 3 heterocycles. The van der Waals surface area contributed by atoms with Crippen molar-refractivity contribution >= 4 is 23.5 Å². The van der Waals surface area contributed by atoms with Crippen LogP contribution in [0.3, 0.4) is 0 Å². The van der Waals surface area contributed by atoms with E-state index in [1.165, 1.54) is 19.3 Å². The molecule has 1 unspecified atom stereocenters. The number of piperidine rings is 1. The monoisotopic (exact) mass is 417 g/mol. The van der Waals surface area contributed by atoms with Crippen LogP contribution in [0.25, 0.3) is 0 Å². The molecule has 0 aromatic carbocycles. The molecule has 29 heavy (non-hydrogen) atoms. The quantitative estimate of drug-likeness (QED) is 0.723. The molecule has 7 nitrogen and oxygen atoms in total. The highest BCUT2D eigenvalue weighted by atomic mass is 35.5. The zero-order valence-electron chi connectivity index (χ0n) is 17.3. The Hall–Kier alpha value is -2.07. The molecular formula is C21H28ClN5O2. The zero-order chi connectivity index (χ0) is 20.8. The summed E-state index contributed by atoms with van der Waals surface area (Å²) < 4.78 is 5.68. The number of rotatable bonds is 2. The number of hydrogen-bond donors (Lipinski definition) is 0. The molecule has 3 atom stereocenters. The molecule has 1 aliphatic carbocycles. The van der Waals surface area contributed by atoms with Gasteiger partial charge in [0.2, 0.25) is 0 Å². The number of aromatic nitrogens is 2. The predicted molar refractivity (Wildman–Crippen MR) is 110 cm³/mol. The summed E-state index contributed by atoms with van der Waals surface area (Å²) >= 11 is 6.17. The Labute approximate surface area is 177 Å². The van der Waals surface area contributed by atoms with E-state index in [2.05, 4.69) is 14.9 Å². The molecule has 2 saturated heterocycles. The number of fused-ring (bicyclic) bond motifs is 1. The van der Waals surface area contributed by atoms with Gasteiger partial charge in [0.1, 0.15) is 17.5 Å². The maximum absolute atomic E-state index is 12.9. The minimum absolute atomic E-state index is 0.0976. The third-order valence-corrected chi connectivity index (χ3v) is 6.71. The van der Waals surface area contributed by atoms with E-state index in [0.717, 1.165) is 19.4 Å². The normalized spacial score (nSPS) is 27.2. The lowest BCUT2D eigenvalue weighted by molar-refractivity contribution is 0.0159. The van der Waals surface area contributed by atoms with Crippen molar-refractivity contribution in [3.63, 3.8) is 0 Å². The number of nitriles is 1. The fourth-order valence-electron chi connectivity index (χ4n) is 4.89. The van der Waals surface area contributed by atoms with Crippen LogP contribution in [0.4, 0.5) is 10.6 Å². The van der Waals surface area contributed by atoms with Gasteiger partial charge in [0.25, 0.3) is 0 Å². The Kier molecular flexibility index (Phi) is 5.32. The predicted octanol–water partition coefficient (Wildman–Crippen LogP) is 4.01. The third-order valence-electron chi connectivity index (χ3n) is 6.45. The lowest BCUT2D eigenvalue weighted by atomic mass is 9.71. The number of ether oxygens (including phenoxy) is 1. The Balaban J connectivity index is 1.61. The summed E-state index contributed by atoms with van der Waals surface area (Å²) in [6.45, 7) is 7.27. The van der Waals surface area contributed by atoms with Crippen molar-refractivity contribution in [3.8, 4) is 6.07 Å². The second-order valence-electron chi connectivity index (χ2n) is 9.42. The summed E-state index contributed by atoms with van der Waals surface area (Å²) in [6.07, 6.45) is 7.06. The highest BCUT2D eigenvalue weighted by Crippen LogP contribution is 2.44. The number of nitrogens with zero attached hydrogens (tertiary/aromatic N) is 5. The SMILES string of the molecule is CC(C)(C)OC(=O)N1CC[C@@H]2[C@H]1CC(C1CCC1)CN2c1cnc(C#N)c(Cl)n1. The molecule has 156 valence electrons. The first-order valence-electron chi connectivity index (χ1n) is 10.5. The van der Waals surface area contributed by atoms with E-state index in [-0.39, 0.29) is 29.0 Å². The van der Waals surface area contributed by atoms with Gasteiger partial charge in [-0.25, -0.2) is 14.8 Å². The van der Waals surface area contributed by atoms with Gasteiger partial charge in [0, 0.05) is 13.1 Å². The highest BCUT2D eigenvalue weighted by Gasteiger charge is 2.48. The number of carbonyl (C=O) groups is 1. The van der Waals surface area contributed by atoms with Crippen LogP contribution < -0.4 is 4.90 Å². The zero-order valence-corrected chi connectivity index (χ0v) is 18.0. The average molecular weight is 418 g/mol. The number of anilines is 1. The summed E-state index contributed by atoms with van der Waals surface area (Å²) in [7, 11) is 0. The van der Waals surface area contributed by atoms with Crippen molar-refractivity contribution < 1.29 is 9.53 Å². The van der Waals surface area contributed by atoms with Crippen LogP contribution in [0.15, 0.2) is 6.20 Å². The molecule has 1 aromatic rings. The molecule has 8 heteroatoms. The number of likely N-dealkylation sites (tertiary alicyclic amines) is 1. The van der Waals surface area contributed by atoms with Gasteiger partial charge in [0.05, 0.1) is 18.3 Å². The van der Waals surface area contributed by atoms with Crippen molar-refractivity contribution in [1.82, 2.24) is 14.9 Å². The summed E-state index contributed by atoms with van der Waals surface area (Å²) in [5.74, 6) is 1.89. The van der Waals surface area contributed by atoms with E-state index in [0.29, 0.717) is 24.2 Å². The van der Waals surface area contributed by atoms with Crippen molar-refractivity contribution in [2.24, 2.45) is 11.8 Å². The van der Waals surface area contributed by atoms with Crippen LogP contribution in [0.1, 0.15) is 58.6 Å². The Bertz CT molecular complexity index is 829. The molecule has 0 radical (unpaired) electrons. The smallest absolute Gasteiger partial charge is 0.410 e. The van der Waals surface area contributed by atoms with E-state index in [4.69, 9.17) is 21.6 Å². The largest absolute Gasteiger partial charge is 0.444 e. The van der Waals surface area contributed by atoms with E-state index in [1.54, 1.807) is 6.20 Å². The number of amides is 1. The van der Waals surface area contributed by atoms with Crippen molar-refractivity contribution in [1.29, 1.82) is 5.26 Å². The van der Waals surface area contributed by atoms with Crippen LogP contribution in [0.5, 0.6) is 0 Å². The average Bonchev–Trinajstić information content (AvgIpc) is 3.02. The maximum Gasteiger partial charge on any atom is 0.410 e. The first-order valence-corrected chi connectivity index (χ1v) is 10.8. The minimum atomic E-state index is -0.511. The van der Waals surface area contributed by atoms with E-state index < -0.39 is 5.60 Å². The first-order chi connectivity index (χ1) is 13.8. The molecule has 1 aromatic heterocycles. The second-order valence-corrected chi connectivity index (χ2v) is 9.77. The van der Waals surface area contributed by atoms with Gasteiger partial charge in [-0.3, -0.25) is 0 Å². The molecule has 4 rings (SSSR count). The molecule has 0 N–H and O–H groups in total. The molecule has 3 aliphatic rings. The first kappa shape index (κ1) is 20.2. The lowest BCUT2D eigenvalue weighted by Crippen LogP contribution is -2.56. The molecule has 1 saturated carbocycles. The second kappa shape index (κ2) is 7.64. The summed E-state index contributed by atoms with van der Waals surface area (Å²) in [5.41, 5.74) is -0.371. The van der Waals surface area contributed by atoms with Gasteiger partial charge in [-0.1, -0.05) is 30.9 Å². The van der Waals surface area contributed by atoms with Crippen LogP contribution in [0, 0.1) is 23.2 Å². The lowest BCUT2D eigenvalue weighted by Gasteiger charge is -2.48. The third kappa shape index (κ3) is 4.00. The molecule has 0 spiro atoms. The van der Waals surface area contributed by atoms with Crippen LogP contribution in [-0.4, -0.2) is 51.7 Å². The van der Waals surface area contributed by atoms with Crippen molar-refractivity contribution in [3.05, 3.63) is 17.0 Å². The summed E-state index contributed by atoms with van der Waals surface area (Å²) in [4.78, 5) is 25.7. The van der Waals surface area contributed by atoms with Gasteiger partial charge < -0.3 is 14.5 Å². The number of carbonyl (C=O) groups excluding carboxylic acids is 1. The van der Waals surface area contributed by atoms with E-state index >= 15 is 0 Å². The molecule has 0 bridgehead atoms. The highest BCUT2D eigenvalue weighted by molar-refractivity contribution is 6.30.